The molecule has 3 aromatic rings. The first-order chi connectivity index (χ1) is 19.6. The monoisotopic (exact) mass is 566 g/mol. The van der Waals surface area contributed by atoms with Crippen LogP contribution in [0.1, 0.15) is 54.4 Å². The van der Waals surface area contributed by atoms with Gasteiger partial charge in [0.05, 0.1) is 4.70 Å². The molecule has 0 radical (unpaired) electrons. The van der Waals surface area contributed by atoms with Crippen molar-refractivity contribution in [1.29, 1.82) is 0 Å². The first kappa shape index (κ1) is 28.8. The molecule has 0 spiro atoms. The van der Waals surface area contributed by atoms with E-state index in [1.807, 2.05) is 6.07 Å². The smallest absolute Gasteiger partial charge is 0.305 e. The fraction of sp³-hybridized carbons (Fsp3) is 0.548. The number of hydrogen-bond donors (Lipinski definition) is 4. The topological polar surface area (TPSA) is 107 Å². The number of hydrogen-bond acceptors (Lipinski definition) is 7. The van der Waals surface area contributed by atoms with Gasteiger partial charge < -0.3 is 30.4 Å². The third-order valence-electron chi connectivity index (χ3n) is 8.27. The fourth-order valence-corrected chi connectivity index (χ4v) is 7.00. The summed E-state index contributed by atoms with van der Waals surface area (Å²) in [4.78, 5) is 29.7. The zero-order valence-electron chi connectivity index (χ0n) is 23.3. The lowest BCUT2D eigenvalue weighted by Gasteiger charge is -2.34. The second-order valence-corrected chi connectivity index (χ2v) is 11.9. The Balaban J connectivity index is 1.07. The summed E-state index contributed by atoms with van der Waals surface area (Å²) in [5.74, 6) is 0.305. The Morgan fingerprint density at radius 3 is 2.62 bits per heavy atom. The molecule has 0 atom stereocenters. The lowest BCUT2D eigenvalue weighted by molar-refractivity contribution is -0.135. The first-order valence-corrected chi connectivity index (χ1v) is 15.6. The Morgan fingerprint density at radius 1 is 1.00 bits per heavy atom. The minimum Gasteiger partial charge on any atom is -0.506 e. The van der Waals surface area contributed by atoms with E-state index in [1.54, 1.807) is 11.6 Å². The van der Waals surface area contributed by atoms with Crippen LogP contribution in [0.3, 0.4) is 0 Å². The van der Waals surface area contributed by atoms with Gasteiger partial charge in [0.2, 0.25) is 5.91 Å². The molecule has 1 aliphatic heterocycles. The molecule has 216 valence electrons. The highest BCUT2D eigenvalue weighted by Gasteiger charge is 2.25. The number of aromatic nitrogens is 1. The zero-order chi connectivity index (χ0) is 27.7. The summed E-state index contributed by atoms with van der Waals surface area (Å²) in [7, 11) is 0. The van der Waals surface area contributed by atoms with Gasteiger partial charge in [-0.2, -0.15) is 0 Å². The minimum absolute atomic E-state index is 0.101. The number of benzene rings is 2. The van der Waals surface area contributed by atoms with Gasteiger partial charge >= 0.3 is 4.87 Å². The van der Waals surface area contributed by atoms with Gasteiger partial charge in [-0.15, -0.1) is 0 Å². The summed E-state index contributed by atoms with van der Waals surface area (Å²) in [6.45, 7) is 5.10. The van der Waals surface area contributed by atoms with Crippen LogP contribution in [0, 0.1) is 0 Å². The van der Waals surface area contributed by atoms with E-state index < -0.39 is 0 Å². The van der Waals surface area contributed by atoms with Crippen LogP contribution in [0.15, 0.2) is 35.1 Å². The third kappa shape index (κ3) is 7.32. The molecule has 1 aromatic heterocycles. The normalized spacial score (nSPS) is 15.8. The van der Waals surface area contributed by atoms with Crippen molar-refractivity contribution in [2.45, 2.75) is 63.8 Å². The van der Waals surface area contributed by atoms with Crippen molar-refractivity contribution in [3.05, 3.63) is 62.3 Å². The van der Waals surface area contributed by atoms with Crippen LogP contribution in [0.2, 0.25) is 0 Å². The molecule has 40 heavy (non-hydrogen) atoms. The number of nitrogens with zero attached hydrogens (tertiary/aromatic N) is 1. The number of carbonyl (C=O) groups excluding carboxylic acids is 1. The predicted octanol–water partition coefficient (Wildman–Crippen LogP) is 3.54. The van der Waals surface area contributed by atoms with Crippen LogP contribution in [-0.4, -0.2) is 72.9 Å². The van der Waals surface area contributed by atoms with Gasteiger partial charge in [0.15, 0.2) is 0 Å². The maximum Gasteiger partial charge on any atom is 0.305 e. The molecular formula is C31H42N4O4S. The second kappa shape index (κ2) is 14.3. The number of rotatable bonds is 13. The number of aromatic amines is 1. The Labute approximate surface area is 240 Å². The van der Waals surface area contributed by atoms with E-state index in [0.717, 1.165) is 60.4 Å². The highest BCUT2D eigenvalue weighted by molar-refractivity contribution is 7.16. The largest absolute Gasteiger partial charge is 0.506 e. The molecule has 1 aliphatic carbocycles. The number of thiazole rings is 1. The number of H-pyrrole nitrogens is 1. The van der Waals surface area contributed by atoms with E-state index >= 15 is 0 Å². The molecule has 2 aromatic carbocycles. The van der Waals surface area contributed by atoms with Crippen LogP contribution in [0.5, 0.6) is 5.75 Å². The predicted molar refractivity (Wildman–Crippen MR) is 161 cm³/mol. The van der Waals surface area contributed by atoms with Crippen LogP contribution < -0.4 is 15.5 Å². The maximum atomic E-state index is 13.3. The number of carbonyl (C=O) groups is 1. The van der Waals surface area contributed by atoms with Crippen molar-refractivity contribution >= 4 is 27.5 Å². The van der Waals surface area contributed by atoms with Crippen molar-refractivity contribution in [3.8, 4) is 5.75 Å². The zero-order valence-corrected chi connectivity index (χ0v) is 24.1. The lowest BCUT2D eigenvalue weighted by Crippen LogP contribution is -2.47. The minimum atomic E-state index is -0.162. The number of nitrogens with one attached hydrogen (secondary N) is 3. The molecular weight excluding hydrogens is 524 g/mol. The van der Waals surface area contributed by atoms with Gasteiger partial charge in [-0.05, 0) is 92.8 Å². The maximum absolute atomic E-state index is 13.3. The molecule has 0 saturated carbocycles. The number of fused-ring (bicyclic) bond motifs is 2. The summed E-state index contributed by atoms with van der Waals surface area (Å²) in [5, 5.41) is 17.0. The highest BCUT2D eigenvalue weighted by Crippen LogP contribution is 2.28. The number of aromatic hydroxyl groups is 1. The van der Waals surface area contributed by atoms with Gasteiger partial charge in [0, 0.05) is 45.3 Å². The van der Waals surface area contributed by atoms with Crippen molar-refractivity contribution < 1.29 is 14.6 Å². The number of phenols is 1. The van der Waals surface area contributed by atoms with Crippen molar-refractivity contribution in [2.75, 3.05) is 45.9 Å². The van der Waals surface area contributed by atoms with Gasteiger partial charge in [0.25, 0.3) is 0 Å². The number of amides is 1. The van der Waals surface area contributed by atoms with Crippen LogP contribution in [-0.2, 0) is 35.2 Å². The Kier molecular flexibility index (Phi) is 10.3. The molecule has 0 unspecified atom stereocenters. The van der Waals surface area contributed by atoms with E-state index in [-0.39, 0.29) is 22.6 Å². The average molecular weight is 567 g/mol. The van der Waals surface area contributed by atoms with Gasteiger partial charge in [0.1, 0.15) is 11.3 Å². The summed E-state index contributed by atoms with van der Waals surface area (Å²) in [5.41, 5.74) is 6.09. The molecule has 2 aliphatic rings. The summed E-state index contributed by atoms with van der Waals surface area (Å²) < 4.78 is 6.36. The van der Waals surface area contributed by atoms with Crippen molar-refractivity contribution in [2.24, 2.45) is 0 Å². The van der Waals surface area contributed by atoms with Crippen molar-refractivity contribution in [1.82, 2.24) is 20.5 Å². The number of phenolic OH excluding ortho intramolecular Hbond substituents is 1. The molecule has 2 heterocycles. The van der Waals surface area contributed by atoms with Gasteiger partial charge in [-0.3, -0.25) is 9.59 Å². The fourth-order valence-electron chi connectivity index (χ4n) is 6.11. The van der Waals surface area contributed by atoms with Crippen LogP contribution >= 0.6 is 11.3 Å². The van der Waals surface area contributed by atoms with E-state index in [9.17, 15) is 14.7 Å². The average Bonchev–Trinajstić information content (AvgIpc) is 3.38. The first-order valence-electron chi connectivity index (χ1n) is 14.8. The Bertz CT molecular complexity index is 1330. The molecule has 8 nitrogen and oxygen atoms in total. The van der Waals surface area contributed by atoms with E-state index in [0.29, 0.717) is 44.8 Å². The van der Waals surface area contributed by atoms with E-state index in [4.69, 9.17) is 4.74 Å². The van der Waals surface area contributed by atoms with Gasteiger partial charge in [-0.25, -0.2) is 0 Å². The Hall–Kier alpha value is -2.72. The van der Waals surface area contributed by atoms with Crippen LogP contribution in [0.4, 0.5) is 0 Å². The second-order valence-electron chi connectivity index (χ2n) is 10.9. The molecule has 5 rings (SSSR count). The molecule has 1 fully saturated rings. The molecule has 1 amide bonds. The highest BCUT2D eigenvalue weighted by atomic mass is 32.1. The summed E-state index contributed by atoms with van der Waals surface area (Å²) in [6, 6.07) is 10.5. The summed E-state index contributed by atoms with van der Waals surface area (Å²) >= 11 is 1.13. The Morgan fingerprint density at radius 2 is 1.77 bits per heavy atom. The SMILES string of the molecule is O=C(CCNCCc1cccc2c1CCCC2)N(CCNCCc1ccc(O)c2[nH]c(=O)sc12)C1CCOCC1. The van der Waals surface area contributed by atoms with Crippen LogP contribution in [0.25, 0.3) is 10.2 Å². The van der Waals surface area contributed by atoms with Crippen molar-refractivity contribution in [3.63, 3.8) is 0 Å². The molecule has 1 saturated heterocycles. The number of ether oxygens (including phenoxy) is 1. The van der Waals surface area contributed by atoms with E-state index in [2.05, 4.69) is 38.7 Å². The third-order valence-corrected chi connectivity index (χ3v) is 9.23. The van der Waals surface area contributed by atoms with E-state index in [1.165, 1.54) is 36.8 Å². The lowest BCUT2D eigenvalue weighted by atomic mass is 9.87. The quantitative estimate of drug-likeness (QED) is 0.236. The standard InChI is InChI=1S/C31H42N4O4S/c36-27-9-8-24(30-29(27)34-31(38)40-30)11-16-33-18-19-35(25-13-20-39-21-14-25)28(37)12-17-32-15-10-23-6-3-5-22-4-1-2-7-26(22)23/h3,5-6,8-9,25,32-33,36H,1-2,4,7,10-21H2,(H,34,38). The van der Waals surface area contributed by atoms with Gasteiger partial charge in [-0.1, -0.05) is 35.6 Å². The molecule has 0 bridgehead atoms. The number of aryl methyl sites for hydroxylation is 1. The molecule has 9 heteroatoms. The molecule has 4 N–H and O–H groups in total. The summed E-state index contributed by atoms with van der Waals surface area (Å²) in [6.07, 6.45) is 9.02.